The van der Waals surface area contributed by atoms with Crippen LogP contribution in [0.4, 0.5) is 4.79 Å². The molecular weight excluding hydrogens is 264 g/mol. The number of unbranched alkanes of at least 4 members (excludes halogenated alkanes) is 3. The minimum atomic E-state index is -0.152. The highest BCUT2D eigenvalue weighted by Gasteiger charge is 2.16. The maximum atomic E-state index is 11.7. The predicted octanol–water partition coefficient (Wildman–Crippen LogP) is 2.83. The minimum absolute atomic E-state index is 0.152. The van der Waals surface area contributed by atoms with Crippen LogP contribution in [0.15, 0.2) is 30.3 Å². The van der Waals surface area contributed by atoms with Crippen molar-refractivity contribution in [3.05, 3.63) is 35.9 Å². The molecule has 1 N–H and O–H groups in total. The lowest BCUT2D eigenvalue weighted by atomic mass is 10.1. The zero-order valence-electron chi connectivity index (χ0n) is 12.7. The van der Waals surface area contributed by atoms with Gasteiger partial charge >= 0.3 is 6.09 Å². The Bertz CT molecular complexity index is 403. The van der Waals surface area contributed by atoms with Gasteiger partial charge in [0.15, 0.2) is 0 Å². The van der Waals surface area contributed by atoms with E-state index in [2.05, 4.69) is 35.6 Å². The highest BCUT2D eigenvalue weighted by molar-refractivity contribution is 5.67. The van der Waals surface area contributed by atoms with E-state index in [1.165, 1.54) is 18.4 Å². The molecule has 0 radical (unpaired) electrons. The minimum Gasteiger partial charge on any atom is -0.449 e. The second-order valence-corrected chi connectivity index (χ2v) is 5.50. The van der Waals surface area contributed by atoms with Crippen molar-refractivity contribution in [1.82, 2.24) is 10.2 Å². The Kier molecular flexibility index (Phi) is 7.08. The monoisotopic (exact) mass is 290 g/mol. The van der Waals surface area contributed by atoms with Crippen LogP contribution in [0, 0.1) is 0 Å². The Morgan fingerprint density at radius 1 is 1.05 bits per heavy atom. The van der Waals surface area contributed by atoms with Crippen molar-refractivity contribution < 1.29 is 9.53 Å². The fourth-order valence-electron chi connectivity index (χ4n) is 2.53. The largest absolute Gasteiger partial charge is 0.449 e. The number of benzene rings is 1. The van der Waals surface area contributed by atoms with Gasteiger partial charge in [-0.05, 0) is 24.8 Å². The Balaban J connectivity index is 1.45. The predicted molar refractivity (Wildman–Crippen MR) is 84.4 cm³/mol. The van der Waals surface area contributed by atoms with Crippen LogP contribution in [-0.2, 0) is 11.2 Å². The number of rotatable bonds is 7. The summed E-state index contributed by atoms with van der Waals surface area (Å²) in [6.07, 6.45) is 5.48. The van der Waals surface area contributed by atoms with Gasteiger partial charge in [-0.25, -0.2) is 4.79 Å². The summed E-state index contributed by atoms with van der Waals surface area (Å²) in [6.45, 7) is 3.81. The van der Waals surface area contributed by atoms with Gasteiger partial charge in [0.2, 0.25) is 0 Å². The van der Waals surface area contributed by atoms with Gasteiger partial charge in [0.25, 0.3) is 0 Å². The third-order valence-corrected chi connectivity index (χ3v) is 3.80. The fourth-order valence-corrected chi connectivity index (χ4v) is 2.53. The summed E-state index contributed by atoms with van der Waals surface area (Å²) in [6, 6.07) is 10.6. The number of carbonyl (C=O) groups is 1. The van der Waals surface area contributed by atoms with Gasteiger partial charge in [0.05, 0.1) is 6.61 Å². The van der Waals surface area contributed by atoms with Crippen LogP contribution in [-0.4, -0.2) is 43.8 Å². The van der Waals surface area contributed by atoms with E-state index in [1.807, 2.05) is 0 Å². The smallest absolute Gasteiger partial charge is 0.409 e. The van der Waals surface area contributed by atoms with Gasteiger partial charge < -0.3 is 15.0 Å². The van der Waals surface area contributed by atoms with Crippen LogP contribution in [0.2, 0.25) is 0 Å². The van der Waals surface area contributed by atoms with E-state index in [4.69, 9.17) is 4.74 Å². The molecule has 0 aromatic heterocycles. The molecule has 1 aliphatic rings. The topological polar surface area (TPSA) is 41.6 Å². The Hall–Kier alpha value is -1.55. The molecule has 2 rings (SSSR count). The molecule has 4 heteroatoms. The van der Waals surface area contributed by atoms with Crippen molar-refractivity contribution in [2.24, 2.45) is 0 Å². The molecule has 1 amide bonds. The molecule has 0 atom stereocenters. The van der Waals surface area contributed by atoms with Gasteiger partial charge in [0.1, 0.15) is 0 Å². The first-order valence-corrected chi connectivity index (χ1v) is 8.02. The van der Waals surface area contributed by atoms with E-state index in [9.17, 15) is 4.79 Å². The number of hydrogen-bond acceptors (Lipinski definition) is 3. The first kappa shape index (κ1) is 15.8. The number of nitrogens with zero attached hydrogens (tertiary/aromatic N) is 1. The summed E-state index contributed by atoms with van der Waals surface area (Å²) in [7, 11) is 0. The zero-order valence-corrected chi connectivity index (χ0v) is 12.7. The number of piperazine rings is 1. The molecule has 0 saturated carbocycles. The van der Waals surface area contributed by atoms with Gasteiger partial charge in [-0.2, -0.15) is 0 Å². The summed E-state index contributed by atoms with van der Waals surface area (Å²) < 4.78 is 5.31. The van der Waals surface area contributed by atoms with E-state index in [0.717, 1.165) is 45.4 Å². The maximum Gasteiger partial charge on any atom is 0.409 e. The quantitative estimate of drug-likeness (QED) is 0.785. The summed E-state index contributed by atoms with van der Waals surface area (Å²) in [5.41, 5.74) is 1.41. The molecule has 0 spiro atoms. The third-order valence-electron chi connectivity index (χ3n) is 3.80. The van der Waals surface area contributed by atoms with Gasteiger partial charge in [-0.15, -0.1) is 0 Å². The summed E-state index contributed by atoms with van der Waals surface area (Å²) >= 11 is 0. The van der Waals surface area contributed by atoms with Crippen LogP contribution in [0.3, 0.4) is 0 Å². The third kappa shape index (κ3) is 6.17. The lowest BCUT2D eigenvalue weighted by Gasteiger charge is -2.26. The second kappa shape index (κ2) is 9.40. The van der Waals surface area contributed by atoms with Crippen molar-refractivity contribution in [3.8, 4) is 0 Å². The summed E-state index contributed by atoms with van der Waals surface area (Å²) in [5.74, 6) is 0. The summed E-state index contributed by atoms with van der Waals surface area (Å²) in [5, 5.41) is 3.22. The average Bonchev–Trinajstić information content (AvgIpc) is 2.55. The Morgan fingerprint density at radius 2 is 1.76 bits per heavy atom. The zero-order chi connectivity index (χ0) is 14.8. The Morgan fingerprint density at radius 3 is 2.52 bits per heavy atom. The standard InChI is InChI=1S/C17H26N2O2/c20-17(19-13-11-18-12-14-19)21-15-7-2-1-4-8-16-9-5-3-6-10-16/h3,5-6,9-10,18H,1-2,4,7-8,11-15H2. The fraction of sp³-hybridized carbons (Fsp3) is 0.588. The molecular formula is C17H26N2O2. The maximum absolute atomic E-state index is 11.7. The highest BCUT2D eigenvalue weighted by Crippen LogP contribution is 2.08. The molecule has 1 aromatic carbocycles. The number of aryl methyl sites for hydroxylation is 1. The van der Waals surface area contributed by atoms with Crippen molar-refractivity contribution in [2.45, 2.75) is 32.1 Å². The van der Waals surface area contributed by atoms with Crippen LogP contribution in [0.25, 0.3) is 0 Å². The van der Waals surface area contributed by atoms with Crippen LogP contribution < -0.4 is 5.32 Å². The summed E-state index contributed by atoms with van der Waals surface area (Å²) in [4.78, 5) is 13.5. The Labute approximate surface area is 127 Å². The van der Waals surface area contributed by atoms with Crippen molar-refractivity contribution in [1.29, 1.82) is 0 Å². The molecule has 4 nitrogen and oxygen atoms in total. The molecule has 1 aliphatic heterocycles. The lowest BCUT2D eigenvalue weighted by Crippen LogP contribution is -2.46. The van der Waals surface area contributed by atoms with Crippen LogP contribution in [0.5, 0.6) is 0 Å². The normalized spacial score (nSPS) is 15.0. The van der Waals surface area contributed by atoms with Crippen LogP contribution in [0.1, 0.15) is 31.2 Å². The SMILES string of the molecule is O=C(OCCCCCCc1ccccc1)N1CCNCC1. The lowest BCUT2D eigenvalue weighted by molar-refractivity contribution is 0.0960. The van der Waals surface area contributed by atoms with E-state index in [0.29, 0.717) is 6.61 Å². The molecule has 0 bridgehead atoms. The van der Waals surface area contributed by atoms with Crippen LogP contribution >= 0.6 is 0 Å². The van der Waals surface area contributed by atoms with Gasteiger partial charge in [-0.3, -0.25) is 0 Å². The molecule has 1 saturated heterocycles. The van der Waals surface area contributed by atoms with E-state index >= 15 is 0 Å². The molecule has 0 aliphatic carbocycles. The highest BCUT2D eigenvalue weighted by atomic mass is 16.6. The van der Waals surface area contributed by atoms with Crippen molar-refractivity contribution in [3.63, 3.8) is 0 Å². The first-order valence-electron chi connectivity index (χ1n) is 8.02. The van der Waals surface area contributed by atoms with E-state index in [-0.39, 0.29) is 6.09 Å². The first-order chi connectivity index (χ1) is 10.4. The van der Waals surface area contributed by atoms with Gasteiger partial charge in [0, 0.05) is 26.2 Å². The molecule has 21 heavy (non-hydrogen) atoms. The number of hydrogen-bond donors (Lipinski definition) is 1. The van der Waals surface area contributed by atoms with E-state index in [1.54, 1.807) is 4.90 Å². The molecule has 0 unspecified atom stereocenters. The molecule has 1 heterocycles. The molecule has 1 aromatic rings. The number of carbonyl (C=O) groups excluding carboxylic acids is 1. The molecule has 116 valence electrons. The number of amides is 1. The molecule has 1 fully saturated rings. The average molecular weight is 290 g/mol. The van der Waals surface area contributed by atoms with Crippen molar-refractivity contribution >= 4 is 6.09 Å². The van der Waals surface area contributed by atoms with E-state index < -0.39 is 0 Å². The second-order valence-electron chi connectivity index (χ2n) is 5.50. The number of nitrogens with one attached hydrogen (secondary N) is 1. The van der Waals surface area contributed by atoms with Crippen molar-refractivity contribution in [2.75, 3.05) is 32.8 Å². The van der Waals surface area contributed by atoms with Gasteiger partial charge in [-0.1, -0.05) is 43.2 Å². The number of ether oxygens (including phenoxy) is 1.